The molecule has 0 aromatic carbocycles. The summed E-state index contributed by atoms with van der Waals surface area (Å²) >= 11 is 0. The van der Waals surface area contributed by atoms with Crippen molar-refractivity contribution in [2.75, 3.05) is 6.54 Å². The van der Waals surface area contributed by atoms with E-state index in [1.807, 2.05) is 0 Å². The van der Waals surface area contributed by atoms with E-state index in [0.717, 1.165) is 25.3 Å². The van der Waals surface area contributed by atoms with Crippen LogP contribution in [0.25, 0.3) is 0 Å². The first-order valence-electron chi connectivity index (χ1n) is 8.38. The van der Waals surface area contributed by atoms with Crippen LogP contribution in [0.2, 0.25) is 0 Å². The highest BCUT2D eigenvalue weighted by molar-refractivity contribution is 5.73. The molecule has 1 saturated carbocycles. The summed E-state index contributed by atoms with van der Waals surface area (Å²) in [5, 5.41) is 9.50. The molecule has 2 rings (SSSR count). The number of carboxylic acids is 1. The summed E-state index contributed by atoms with van der Waals surface area (Å²) in [5.41, 5.74) is 0.399. The molecule has 1 N–H and O–H groups in total. The second-order valence-corrected chi connectivity index (χ2v) is 7.81. The van der Waals surface area contributed by atoms with Crippen LogP contribution < -0.4 is 0 Å². The first-order valence-corrected chi connectivity index (χ1v) is 8.38. The molecule has 1 atom stereocenters. The number of carbonyl (C=O) groups is 1. The normalized spacial score (nSPS) is 33.6. The number of likely N-dealkylation sites (tertiary alicyclic amines) is 1. The van der Waals surface area contributed by atoms with Gasteiger partial charge in [0, 0.05) is 6.04 Å². The van der Waals surface area contributed by atoms with Crippen molar-refractivity contribution in [2.45, 2.75) is 84.2 Å². The fourth-order valence-corrected chi connectivity index (χ4v) is 4.11. The summed E-state index contributed by atoms with van der Waals surface area (Å²) in [6.45, 7) is 8.00. The molecule has 3 heteroatoms. The van der Waals surface area contributed by atoms with Gasteiger partial charge in [-0.2, -0.15) is 0 Å². The van der Waals surface area contributed by atoms with Crippen LogP contribution in [0, 0.1) is 11.3 Å². The monoisotopic (exact) mass is 281 g/mol. The quantitative estimate of drug-likeness (QED) is 0.834. The third-order valence-electron chi connectivity index (χ3n) is 5.47. The zero-order chi connectivity index (χ0) is 14.8. The Bertz CT molecular complexity index is 326. The standard InChI is InChI=1S/C17H31NO2/c1-17(2,3)13-8-10-14(11-9-13)18-12-6-4-5-7-15(18)16(19)20/h13-15H,4-12H2,1-3H3,(H,19,20). The van der Waals surface area contributed by atoms with Gasteiger partial charge in [-0.3, -0.25) is 9.69 Å². The summed E-state index contributed by atoms with van der Waals surface area (Å²) in [4.78, 5) is 13.9. The molecule has 0 bridgehead atoms. The first kappa shape index (κ1) is 15.8. The van der Waals surface area contributed by atoms with Crippen LogP contribution in [-0.4, -0.2) is 34.6 Å². The molecule has 1 unspecified atom stereocenters. The van der Waals surface area contributed by atoms with Gasteiger partial charge in [0.05, 0.1) is 0 Å². The molecule has 0 radical (unpaired) electrons. The first-order chi connectivity index (χ1) is 9.39. The Labute approximate surface area is 123 Å². The Balaban J connectivity index is 1.98. The summed E-state index contributed by atoms with van der Waals surface area (Å²) in [7, 11) is 0. The summed E-state index contributed by atoms with van der Waals surface area (Å²) < 4.78 is 0. The Hall–Kier alpha value is -0.570. The smallest absolute Gasteiger partial charge is 0.320 e. The van der Waals surface area contributed by atoms with E-state index >= 15 is 0 Å². The Morgan fingerprint density at radius 2 is 1.65 bits per heavy atom. The molecular formula is C17H31NO2. The SMILES string of the molecule is CC(C)(C)C1CCC(N2CCCCCC2C(=O)O)CC1. The van der Waals surface area contributed by atoms with Crippen molar-refractivity contribution in [1.29, 1.82) is 0 Å². The highest BCUT2D eigenvalue weighted by atomic mass is 16.4. The molecular weight excluding hydrogens is 250 g/mol. The van der Waals surface area contributed by atoms with Crippen molar-refractivity contribution in [1.82, 2.24) is 4.90 Å². The number of aliphatic carboxylic acids is 1. The predicted molar refractivity (Wildman–Crippen MR) is 81.8 cm³/mol. The number of hydrogen-bond acceptors (Lipinski definition) is 2. The van der Waals surface area contributed by atoms with Gasteiger partial charge in [-0.05, 0) is 56.4 Å². The van der Waals surface area contributed by atoms with E-state index in [1.165, 1.54) is 38.5 Å². The topological polar surface area (TPSA) is 40.5 Å². The van der Waals surface area contributed by atoms with Crippen LogP contribution in [0.1, 0.15) is 72.1 Å². The second-order valence-electron chi connectivity index (χ2n) is 7.81. The minimum atomic E-state index is -0.607. The molecule has 0 aromatic rings. The van der Waals surface area contributed by atoms with Crippen LogP contribution in [0.3, 0.4) is 0 Å². The zero-order valence-corrected chi connectivity index (χ0v) is 13.4. The van der Waals surface area contributed by atoms with Gasteiger partial charge in [0.15, 0.2) is 0 Å². The maximum Gasteiger partial charge on any atom is 0.320 e. The molecule has 0 amide bonds. The number of nitrogens with zero attached hydrogens (tertiary/aromatic N) is 1. The fraction of sp³-hybridized carbons (Fsp3) is 0.941. The Morgan fingerprint density at radius 3 is 2.20 bits per heavy atom. The van der Waals surface area contributed by atoms with E-state index < -0.39 is 5.97 Å². The third-order valence-corrected chi connectivity index (χ3v) is 5.47. The Kier molecular flexibility index (Phi) is 5.11. The predicted octanol–water partition coefficient (Wildman–Crippen LogP) is 3.92. The van der Waals surface area contributed by atoms with Crippen molar-refractivity contribution in [2.24, 2.45) is 11.3 Å². The van der Waals surface area contributed by atoms with Gasteiger partial charge in [0.25, 0.3) is 0 Å². The maximum absolute atomic E-state index is 11.5. The summed E-state index contributed by atoms with van der Waals surface area (Å²) in [5.74, 6) is 0.193. The van der Waals surface area contributed by atoms with Gasteiger partial charge >= 0.3 is 5.97 Å². The van der Waals surface area contributed by atoms with Crippen LogP contribution in [-0.2, 0) is 4.79 Å². The summed E-state index contributed by atoms with van der Waals surface area (Å²) in [6, 6.07) is 0.279. The van der Waals surface area contributed by atoms with Crippen molar-refractivity contribution in [3.63, 3.8) is 0 Å². The van der Waals surface area contributed by atoms with E-state index in [4.69, 9.17) is 0 Å². The van der Waals surface area contributed by atoms with E-state index in [2.05, 4.69) is 25.7 Å². The molecule has 20 heavy (non-hydrogen) atoms. The van der Waals surface area contributed by atoms with Crippen molar-refractivity contribution < 1.29 is 9.90 Å². The van der Waals surface area contributed by atoms with Crippen LogP contribution in [0.15, 0.2) is 0 Å². The number of hydrogen-bond donors (Lipinski definition) is 1. The highest BCUT2D eigenvalue weighted by Crippen LogP contribution is 2.39. The van der Waals surface area contributed by atoms with Crippen molar-refractivity contribution >= 4 is 5.97 Å². The molecule has 116 valence electrons. The maximum atomic E-state index is 11.5. The number of carboxylic acid groups (broad SMARTS) is 1. The Morgan fingerprint density at radius 1 is 1.00 bits per heavy atom. The second kappa shape index (κ2) is 6.46. The third kappa shape index (κ3) is 3.75. The minimum absolute atomic E-state index is 0.228. The summed E-state index contributed by atoms with van der Waals surface area (Å²) in [6.07, 6.45) is 9.17. The van der Waals surface area contributed by atoms with Gasteiger partial charge in [0.2, 0.25) is 0 Å². The molecule has 2 aliphatic rings. The lowest BCUT2D eigenvalue weighted by Crippen LogP contribution is -2.48. The van der Waals surface area contributed by atoms with Crippen LogP contribution in [0.4, 0.5) is 0 Å². The van der Waals surface area contributed by atoms with Crippen LogP contribution in [0.5, 0.6) is 0 Å². The van der Waals surface area contributed by atoms with Gasteiger partial charge < -0.3 is 5.11 Å². The molecule has 1 saturated heterocycles. The average molecular weight is 281 g/mol. The van der Waals surface area contributed by atoms with E-state index in [9.17, 15) is 9.90 Å². The fourth-order valence-electron chi connectivity index (χ4n) is 4.11. The van der Waals surface area contributed by atoms with Gasteiger partial charge in [0.1, 0.15) is 6.04 Å². The molecule has 0 spiro atoms. The van der Waals surface area contributed by atoms with Crippen LogP contribution >= 0.6 is 0 Å². The molecule has 1 aliphatic carbocycles. The van der Waals surface area contributed by atoms with Crippen molar-refractivity contribution in [3.05, 3.63) is 0 Å². The van der Waals surface area contributed by atoms with Gasteiger partial charge in [-0.1, -0.05) is 33.6 Å². The lowest BCUT2D eigenvalue weighted by molar-refractivity contribution is -0.145. The molecule has 3 nitrogen and oxygen atoms in total. The highest BCUT2D eigenvalue weighted by Gasteiger charge is 2.36. The van der Waals surface area contributed by atoms with E-state index in [0.29, 0.717) is 11.5 Å². The largest absolute Gasteiger partial charge is 0.480 e. The lowest BCUT2D eigenvalue weighted by Gasteiger charge is -2.42. The molecule has 2 fully saturated rings. The zero-order valence-electron chi connectivity index (χ0n) is 13.4. The average Bonchev–Trinajstić information content (AvgIpc) is 2.63. The lowest BCUT2D eigenvalue weighted by atomic mass is 9.71. The molecule has 1 heterocycles. The number of rotatable bonds is 2. The van der Waals surface area contributed by atoms with Gasteiger partial charge in [-0.15, -0.1) is 0 Å². The van der Waals surface area contributed by atoms with Crippen molar-refractivity contribution in [3.8, 4) is 0 Å². The van der Waals surface area contributed by atoms with E-state index in [-0.39, 0.29) is 6.04 Å². The molecule has 1 aliphatic heterocycles. The molecule has 0 aromatic heterocycles. The minimum Gasteiger partial charge on any atom is -0.480 e. The van der Waals surface area contributed by atoms with Gasteiger partial charge in [-0.25, -0.2) is 0 Å². The van der Waals surface area contributed by atoms with E-state index in [1.54, 1.807) is 0 Å².